The van der Waals surface area contributed by atoms with Crippen LogP contribution in [0.1, 0.15) is 154 Å². The number of unbranched alkanes of at least 4 members (excludes halogenated alkanes) is 1. The van der Waals surface area contributed by atoms with E-state index in [9.17, 15) is 48.3 Å². The number of rotatable bonds is 44. The predicted molar refractivity (Wildman–Crippen MR) is 395 cm³/mol. The summed E-state index contributed by atoms with van der Waals surface area (Å²) >= 11 is 0. The molecule has 2 unspecified atom stereocenters. The maximum absolute atomic E-state index is 18.0. The number of amides is 8. The highest BCUT2D eigenvalue weighted by Crippen LogP contribution is 2.72. The number of ketones is 2. The maximum atomic E-state index is 18.0. The lowest BCUT2D eigenvalue weighted by molar-refractivity contribution is -0.869. The third-order valence-electron chi connectivity index (χ3n) is 21.9. The number of hydrogen-bond acceptors (Lipinski definition) is 21. The number of aliphatic hydroxyl groups excluding tert-OH is 1. The fourth-order valence-corrected chi connectivity index (χ4v) is 16.0. The van der Waals surface area contributed by atoms with Gasteiger partial charge >= 0.3 is 12.1 Å². The lowest BCUT2D eigenvalue weighted by Crippen LogP contribution is -2.71. The van der Waals surface area contributed by atoms with E-state index >= 15 is 8.78 Å². The molecule has 1 aromatic heterocycles. The van der Waals surface area contributed by atoms with E-state index in [1.54, 1.807) is 45.0 Å². The SMILES string of the molecule is CCCC1O[C@@H]2C[C@H]3[C@@H]4C[C@H](F)C5=CC(=O)C=C[C@]5(C)[C@@]4(F)[C@@H](O)C[C@]3(C)[C@]2(C(=O)CNC(=O)OCc2ccc(NC(=O)[C@H](CCCNC(N)=O)NC(=O)[C@@H](NC(=O)[C@H](N)CCCCNC(=O)COC3CCCCCc4c3nnn4CCOCCOCCOCCOCCC(=O)NCC[N+](C)(C)C)C(C)C)cc2)O1. The van der Waals surface area contributed by atoms with Crippen molar-refractivity contribution in [2.75, 3.05) is 119 Å². The molecule has 608 valence electrons. The zero-order chi connectivity index (χ0) is 79.1. The van der Waals surface area contributed by atoms with Crippen molar-refractivity contribution in [3.63, 3.8) is 0 Å². The molecule has 1 aromatic carbocycles. The molecule has 2 heterocycles. The molecule has 1 aliphatic heterocycles. The number of anilines is 1. The Hall–Kier alpha value is -7.47. The number of alkyl carbamates (subject to hydrolysis) is 1. The summed E-state index contributed by atoms with van der Waals surface area (Å²) in [6.45, 7) is 13.0. The number of allylic oxidation sites excluding steroid dienone is 4. The number of nitrogens with zero attached hydrogens (tertiary/aromatic N) is 4. The average Bonchev–Trinajstić information content (AvgIpc) is 1.54. The second-order valence-electron chi connectivity index (χ2n) is 31.1. The topological polar surface area (TPSA) is 415 Å². The summed E-state index contributed by atoms with van der Waals surface area (Å²) in [6, 6.07) is 2.18. The zero-order valence-corrected chi connectivity index (χ0v) is 64.6. The number of primary amides is 1. The smallest absolute Gasteiger partial charge is 0.407 e. The van der Waals surface area contributed by atoms with E-state index in [1.807, 2.05) is 11.6 Å². The fraction of sp³-hybridized carbons (Fsp3) is 0.724. The number of urea groups is 1. The number of carbonyl (C=O) groups is 9. The summed E-state index contributed by atoms with van der Waals surface area (Å²) in [5.41, 5.74) is 7.02. The van der Waals surface area contributed by atoms with Crippen LogP contribution in [0.15, 0.2) is 48.1 Å². The van der Waals surface area contributed by atoms with Crippen LogP contribution in [-0.4, -0.2) is 245 Å². The van der Waals surface area contributed by atoms with Crippen LogP contribution >= 0.6 is 0 Å². The number of ether oxygens (including phenoxy) is 8. The van der Waals surface area contributed by atoms with E-state index in [-0.39, 0.29) is 75.7 Å². The van der Waals surface area contributed by atoms with E-state index in [4.69, 9.17) is 49.4 Å². The normalized spacial score (nSPS) is 26.3. The van der Waals surface area contributed by atoms with Gasteiger partial charge in [-0.15, -0.1) is 5.10 Å². The Morgan fingerprint density at radius 2 is 1.50 bits per heavy atom. The molecule has 4 fully saturated rings. The van der Waals surface area contributed by atoms with Gasteiger partial charge in [0.15, 0.2) is 29.1 Å². The van der Waals surface area contributed by atoms with Gasteiger partial charge in [-0.3, -0.25) is 33.6 Å². The van der Waals surface area contributed by atoms with Gasteiger partial charge in [-0.2, -0.15) is 0 Å². The molecule has 1 saturated heterocycles. The Labute approximate surface area is 637 Å². The minimum atomic E-state index is -2.39. The summed E-state index contributed by atoms with van der Waals surface area (Å²) in [4.78, 5) is 118. The molecule has 14 atom stereocenters. The Morgan fingerprint density at radius 1 is 0.807 bits per heavy atom. The molecule has 31 nitrogen and oxygen atoms in total. The Balaban J connectivity index is 0.724. The van der Waals surface area contributed by atoms with Crippen molar-refractivity contribution in [1.29, 1.82) is 0 Å². The molecule has 8 rings (SSSR count). The molecule has 3 saturated carbocycles. The lowest BCUT2D eigenvalue weighted by Gasteiger charge is -2.63. The third kappa shape index (κ3) is 22.9. The minimum absolute atomic E-state index is 0.0214. The van der Waals surface area contributed by atoms with Gasteiger partial charge in [0.1, 0.15) is 43.3 Å². The number of alkyl halides is 2. The summed E-state index contributed by atoms with van der Waals surface area (Å²) < 4.78 is 83.9. The molecular weight excluding hydrogens is 1420 g/mol. The molecule has 2 aromatic rings. The van der Waals surface area contributed by atoms with Crippen LogP contribution in [0.3, 0.4) is 0 Å². The van der Waals surface area contributed by atoms with E-state index in [0.717, 1.165) is 48.5 Å². The quantitative estimate of drug-likeness (QED) is 0.0330. The Morgan fingerprint density at radius 3 is 2.18 bits per heavy atom. The summed E-state index contributed by atoms with van der Waals surface area (Å²) in [7, 11) is 6.22. The fourth-order valence-electron chi connectivity index (χ4n) is 16.0. The largest absolute Gasteiger partial charge is 0.445 e. The van der Waals surface area contributed by atoms with Crippen molar-refractivity contribution in [2.24, 2.45) is 40.1 Å². The van der Waals surface area contributed by atoms with E-state index in [2.05, 4.69) is 68.7 Å². The van der Waals surface area contributed by atoms with Crippen LogP contribution in [-0.2, 0) is 91.0 Å². The van der Waals surface area contributed by atoms with Crippen molar-refractivity contribution in [2.45, 2.75) is 211 Å². The molecule has 8 amide bonds. The van der Waals surface area contributed by atoms with E-state index in [0.29, 0.717) is 128 Å². The number of hydrogen-bond donors (Lipinski definition) is 10. The lowest BCUT2D eigenvalue weighted by atomic mass is 9.44. The van der Waals surface area contributed by atoms with Gasteiger partial charge in [0.05, 0.1) is 124 Å². The Bertz CT molecular complexity index is 3470. The number of nitrogens with one attached hydrogen (secondary N) is 7. The predicted octanol–water partition coefficient (Wildman–Crippen LogP) is 4.06. The number of aliphatic hydroxyl groups is 1. The van der Waals surface area contributed by atoms with Crippen LogP contribution in [0.25, 0.3) is 0 Å². The highest BCUT2D eigenvalue weighted by molar-refractivity contribution is 6.02. The van der Waals surface area contributed by atoms with Crippen molar-refractivity contribution < 1.29 is 99.4 Å². The number of quaternary nitrogens is 1. The van der Waals surface area contributed by atoms with Crippen LogP contribution in [0.5, 0.6) is 0 Å². The first kappa shape index (κ1) is 87.1. The summed E-state index contributed by atoms with van der Waals surface area (Å²) in [6.07, 6.45) is 3.89. The summed E-state index contributed by atoms with van der Waals surface area (Å²) in [5.74, 6) is -5.51. The van der Waals surface area contributed by atoms with Crippen molar-refractivity contribution in [3.8, 4) is 0 Å². The molecule has 5 aliphatic carbocycles. The van der Waals surface area contributed by atoms with Crippen molar-refractivity contribution in [1.82, 2.24) is 46.9 Å². The molecule has 0 spiro atoms. The number of likely N-dealkylation sites (N-methyl/N-ethyl adjacent to an activating group) is 1. The number of aromatic nitrogens is 3. The van der Waals surface area contributed by atoms with E-state index < -0.39 is 137 Å². The number of fused-ring (bicyclic) bond motifs is 8. The standard InChI is InChI=1S/C76H117F2N13O18/c1-9-16-65-108-62-43-52-53-42-55(77)54-41-51(92)25-27-73(54,4)75(53,78)60(93)44-74(52,5)76(62,109-65)61(94)45-84-72(101)107-46-49-21-23-50(24-22-49)85-69(98)57(18-15-29-83-71(80)100)86-70(99)66(48(2)3)87-68(97)56(79)17-13-14-28-81-64(96)47-106-59-20-12-10-11-19-58-67(59)88-89-90(58)31-34-103-36-38-105-40-39-104-37-35-102-33-26-63(95)82-30-32-91(6,7)8/h21-25,27,41,48,52-53,55-57,59-60,62,65-66,93H,9-20,26,28-40,42-47,79H2,1-8H3,(H8-,80,81,82,83,84,85,86,87,95,96,97,98,99,100,101)/p+1/t52-,53-,55-,56+,57-,59?,60-,62+,65?,66-,73-,74-,75-,76+/m0/s1. The first-order valence-corrected chi connectivity index (χ1v) is 38.7. The highest BCUT2D eigenvalue weighted by atomic mass is 19.1. The summed E-state index contributed by atoms with van der Waals surface area (Å²) in [5, 5.41) is 39.9. The molecule has 0 radical (unpaired) electrons. The molecular formula is C76H118F2N13O18+. The van der Waals surface area contributed by atoms with Crippen LogP contribution in [0.2, 0.25) is 0 Å². The zero-order valence-electron chi connectivity index (χ0n) is 64.6. The van der Waals surface area contributed by atoms with Crippen molar-refractivity contribution in [3.05, 3.63) is 65.0 Å². The van der Waals surface area contributed by atoms with Gasteiger partial charge < -0.3 is 96.2 Å². The minimum Gasteiger partial charge on any atom is -0.445 e. The first-order valence-electron chi connectivity index (χ1n) is 38.7. The molecule has 0 bridgehead atoms. The molecule has 33 heteroatoms. The molecule has 6 aliphatic rings. The van der Waals surface area contributed by atoms with Crippen LogP contribution in [0.4, 0.5) is 24.1 Å². The van der Waals surface area contributed by atoms with Gasteiger partial charge in [0, 0.05) is 41.9 Å². The second kappa shape index (κ2) is 40.6. The molecule has 12 N–H and O–H groups in total. The number of carbonyl (C=O) groups excluding carboxylic acids is 9. The van der Waals surface area contributed by atoms with E-state index in [1.165, 1.54) is 19.1 Å². The highest BCUT2D eigenvalue weighted by Gasteiger charge is 2.80. The average molecular weight is 1540 g/mol. The molecule has 109 heavy (non-hydrogen) atoms. The third-order valence-corrected chi connectivity index (χ3v) is 21.9. The van der Waals surface area contributed by atoms with Crippen molar-refractivity contribution >= 4 is 58.9 Å². The van der Waals surface area contributed by atoms with Crippen LogP contribution < -0.4 is 48.7 Å². The van der Waals surface area contributed by atoms with Gasteiger partial charge in [0.2, 0.25) is 29.5 Å². The van der Waals surface area contributed by atoms with Gasteiger partial charge in [-0.25, -0.2) is 23.1 Å². The first-order chi connectivity index (χ1) is 51.9. The van der Waals surface area contributed by atoms with Gasteiger partial charge in [0.25, 0.3) is 0 Å². The van der Waals surface area contributed by atoms with Crippen LogP contribution in [0, 0.1) is 28.6 Å². The number of halogens is 2. The van der Waals surface area contributed by atoms with Gasteiger partial charge in [-0.05, 0) is 131 Å². The number of nitrogens with two attached hydrogens (primary N) is 2. The number of benzene rings is 1. The maximum Gasteiger partial charge on any atom is 0.407 e. The number of Topliss-reactive ketones (excluding diaryl/α,β-unsaturated/α-hetero) is 1. The Kier molecular flexibility index (Phi) is 32.5. The monoisotopic (exact) mass is 1540 g/mol. The van der Waals surface area contributed by atoms with Gasteiger partial charge in [-0.1, -0.05) is 70.4 Å². The second-order valence-corrected chi connectivity index (χ2v) is 31.1.